The fourth-order valence-corrected chi connectivity index (χ4v) is 10.0. The number of fused-ring (bicyclic) bond motifs is 1. The third kappa shape index (κ3) is 2.70. The zero-order valence-electron chi connectivity index (χ0n) is 20.1. The highest BCUT2D eigenvalue weighted by atomic mass is 16.5. The predicted molar refractivity (Wildman–Crippen MR) is 120 cm³/mol. The number of rotatable bonds is 2. The highest BCUT2D eigenvalue weighted by Gasteiger charge is 2.70. The van der Waals surface area contributed by atoms with Crippen molar-refractivity contribution in [2.45, 2.75) is 91.3 Å². The number of carbonyl (C=O) groups excluding carboxylic acids is 1. The molecule has 0 aliphatic heterocycles. The van der Waals surface area contributed by atoms with Gasteiger partial charge in [0, 0.05) is 5.92 Å². The van der Waals surface area contributed by atoms with E-state index < -0.39 is 5.41 Å². The number of methoxy groups -OCH3 is 1. The first-order chi connectivity index (χ1) is 14.6. The summed E-state index contributed by atoms with van der Waals surface area (Å²) in [6, 6.07) is 0. The number of aliphatic hydroxyl groups excluding tert-OH is 2. The van der Waals surface area contributed by atoms with Gasteiger partial charge in [0.05, 0.1) is 24.7 Å². The molecule has 31 heavy (non-hydrogen) atoms. The number of esters is 1. The van der Waals surface area contributed by atoms with E-state index in [1.54, 1.807) is 0 Å². The standard InChI is InChI=1S/C27H42O4/c1-15(2)17-14-27-12-9-20-25(3,10-6-11-26(20,4)24(30)31-5)21(27)13-16(17)22-18(28)7-8-19(29)23(22)27/h14-16,18-23,28-29H,6-13H2,1-5H3/t16-,18-,19-,20+,21+,22-,23+,25-,26+,27-/m0/s1. The second kappa shape index (κ2) is 7.06. The second-order valence-corrected chi connectivity index (χ2v) is 12.5. The van der Waals surface area contributed by atoms with Crippen molar-refractivity contribution in [3.63, 3.8) is 0 Å². The Morgan fingerprint density at radius 3 is 2.45 bits per heavy atom. The molecule has 10 atom stereocenters. The van der Waals surface area contributed by atoms with Crippen molar-refractivity contribution < 1.29 is 19.7 Å². The minimum Gasteiger partial charge on any atom is -0.469 e. The van der Waals surface area contributed by atoms with Crippen LogP contribution in [0, 0.1) is 51.8 Å². The molecule has 0 heterocycles. The van der Waals surface area contributed by atoms with E-state index in [1.165, 1.54) is 12.7 Å². The predicted octanol–water partition coefficient (Wildman–Crippen LogP) is 4.73. The summed E-state index contributed by atoms with van der Waals surface area (Å²) in [5.41, 5.74) is 1.15. The first kappa shape index (κ1) is 21.9. The van der Waals surface area contributed by atoms with Crippen molar-refractivity contribution in [1.82, 2.24) is 0 Å². The molecule has 0 radical (unpaired) electrons. The van der Waals surface area contributed by atoms with Gasteiger partial charge >= 0.3 is 5.97 Å². The molecular weight excluding hydrogens is 388 g/mol. The third-order valence-electron chi connectivity index (χ3n) is 11.1. The Labute approximate surface area is 187 Å². The van der Waals surface area contributed by atoms with E-state index in [0.29, 0.717) is 30.1 Å². The summed E-state index contributed by atoms with van der Waals surface area (Å²) in [5, 5.41) is 22.4. The van der Waals surface area contributed by atoms with Gasteiger partial charge in [0.15, 0.2) is 0 Å². The smallest absolute Gasteiger partial charge is 0.311 e. The van der Waals surface area contributed by atoms with Gasteiger partial charge in [-0.05, 0) is 92.3 Å². The molecule has 0 aromatic rings. The Hall–Kier alpha value is -0.870. The van der Waals surface area contributed by atoms with Gasteiger partial charge in [-0.3, -0.25) is 4.79 Å². The van der Waals surface area contributed by atoms with Crippen molar-refractivity contribution in [2.24, 2.45) is 51.8 Å². The van der Waals surface area contributed by atoms with Gasteiger partial charge in [-0.2, -0.15) is 0 Å². The Kier molecular flexibility index (Phi) is 5.00. The highest BCUT2D eigenvalue weighted by molar-refractivity contribution is 5.77. The molecule has 0 saturated heterocycles. The summed E-state index contributed by atoms with van der Waals surface area (Å²) in [4.78, 5) is 13.0. The molecule has 0 aromatic carbocycles. The van der Waals surface area contributed by atoms with Crippen LogP contribution in [0.1, 0.15) is 79.1 Å². The zero-order valence-corrected chi connectivity index (χ0v) is 20.1. The van der Waals surface area contributed by atoms with Crippen LogP contribution in [-0.4, -0.2) is 35.5 Å². The van der Waals surface area contributed by atoms with Crippen LogP contribution >= 0.6 is 0 Å². The van der Waals surface area contributed by atoms with E-state index in [0.717, 1.165) is 44.9 Å². The molecule has 6 rings (SSSR count). The van der Waals surface area contributed by atoms with Crippen molar-refractivity contribution in [1.29, 1.82) is 0 Å². The summed E-state index contributed by atoms with van der Waals surface area (Å²) in [7, 11) is 1.54. The quantitative estimate of drug-likeness (QED) is 0.491. The Bertz CT molecular complexity index is 788. The summed E-state index contributed by atoms with van der Waals surface area (Å²) in [6.07, 6.45) is 9.72. The molecule has 0 amide bonds. The Morgan fingerprint density at radius 2 is 1.77 bits per heavy atom. The highest BCUT2D eigenvalue weighted by Crippen LogP contribution is 2.74. The van der Waals surface area contributed by atoms with Gasteiger partial charge in [-0.15, -0.1) is 0 Å². The number of allylic oxidation sites excluding steroid dienone is 2. The average Bonchev–Trinajstić information content (AvgIpc) is 2.74. The van der Waals surface area contributed by atoms with Crippen LogP contribution in [0.2, 0.25) is 0 Å². The topological polar surface area (TPSA) is 66.8 Å². The lowest BCUT2D eigenvalue weighted by Gasteiger charge is -2.71. The van der Waals surface area contributed by atoms with Crippen molar-refractivity contribution >= 4 is 5.97 Å². The van der Waals surface area contributed by atoms with Crippen LogP contribution < -0.4 is 0 Å². The van der Waals surface area contributed by atoms with Crippen molar-refractivity contribution in [3.8, 4) is 0 Å². The number of hydrogen-bond acceptors (Lipinski definition) is 4. The van der Waals surface area contributed by atoms with Gasteiger partial charge in [0.25, 0.3) is 0 Å². The summed E-state index contributed by atoms with van der Waals surface area (Å²) in [5.74, 6) is 1.96. The molecule has 0 unspecified atom stereocenters. The molecular formula is C27H42O4. The van der Waals surface area contributed by atoms with E-state index >= 15 is 0 Å². The summed E-state index contributed by atoms with van der Waals surface area (Å²) in [6.45, 7) is 9.19. The van der Waals surface area contributed by atoms with Crippen LogP contribution in [0.25, 0.3) is 0 Å². The molecule has 174 valence electrons. The van der Waals surface area contributed by atoms with Gasteiger partial charge in [0.1, 0.15) is 0 Å². The molecule has 4 heteroatoms. The van der Waals surface area contributed by atoms with Gasteiger partial charge in [0.2, 0.25) is 0 Å². The Morgan fingerprint density at radius 1 is 1.06 bits per heavy atom. The molecule has 2 N–H and O–H groups in total. The maximum Gasteiger partial charge on any atom is 0.311 e. The van der Waals surface area contributed by atoms with E-state index in [2.05, 4.69) is 33.8 Å². The molecule has 4 nitrogen and oxygen atoms in total. The van der Waals surface area contributed by atoms with Crippen LogP contribution in [0.3, 0.4) is 0 Å². The number of hydrogen-bond donors (Lipinski definition) is 2. The van der Waals surface area contributed by atoms with E-state index in [1.807, 2.05) is 0 Å². The lowest BCUT2D eigenvalue weighted by atomic mass is 9.33. The van der Waals surface area contributed by atoms with Crippen LogP contribution in [0.5, 0.6) is 0 Å². The number of carbonyl (C=O) groups is 1. The zero-order chi connectivity index (χ0) is 22.3. The monoisotopic (exact) mass is 430 g/mol. The van der Waals surface area contributed by atoms with E-state index in [9.17, 15) is 15.0 Å². The SMILES string of the molecule is COC(=O)[C@]1(C)CCC[C@]2(C)[C@H]3C[C@H]4C(C(C)C)=C[C@]3(CC[C@H]21)[C@H]1[C@@H]4[C@@H](O)CC[C@@H]1O. The molecule has 2 bridgehead atoms. The summed E-state index contributed by atoms with van der Waals surface area (Å²) >= 11 is 0. The van der Waals surface area contributed by atoms with Crippen LogP contribution in [0.4, 0.5) is 0 Å². The van der Waals surface area contributed by atoms with Crippen LogP contribution in [0.15, 0.2) is 11.6 Å². The largest absolute Gasteiger partial charge is 0.469 e. The van der Waals surface area contributed by atoms with E-state index in [4.69, 9.17) is 4.74 Å². The first-order valence-electron chi connectivity index (χ1n) is 12.8. The normalized spacial score (nSPS) is 53.3. The van der Waals surface area contributed by atoms with Crippen LogP contribution in [-0.2, 0) is 9.53 Å². The molecule has 4 fully saturated rings. The molecule has 4 saturated carbocycles. The lowest BCUT2D eigenvalue weighted by Crippen LogP contribution is -2.68. The third-order valence-corrected chi connectivity index (χ3v) is 11.1. The minimum absolute atomic E-state index is 0.0373. The van der Waals surface area contributed by atoms with Gasteiger partial charge < -0.3 is 14.9 Å². The molecule has 0 aromatic heterocycles. The second-order valence-electron chi connectivity index (χ2n) is 12.5. The fourth-order valence-electron chi connectivity index (χ4n) is 10.0. The van der Waals surface area contributed by atoms with Crippen molar-refractivity contribution in [3.05, 3.63) is 11.6 Å². The maximum atomic E-state index is 13.0. The molecule has 1 spiro atoms. The van der Waals surface area contributed by atoms with Crippen molar-refractivity contribution in [2.75, 3.05) is 7.11 Å². The maximum absolute atomic E-state index is 13.0. The lowest BCUT2D eigenvalue weighted by molar-refractivity contribution is -0.228. The average molecular weight is 431 g/mol. The minimum atomic E-state index is -0.408. The van der Waals surface area contributed by atoms with E-state index in [-0.39, 0.29) is 40.8 Å². The van der Waals surface area contributed by atoms with Gasteiger partial charge in [-0.1, -0.05) is 38.8 Å². The summed E-state index contributed by atoms with van der Waals surface area (Å²) < 4.78 is 5.32. The molecule has 6 aliphatic carbocycles. The number of ether oxygens (including phenoxy) is 1. The Balaban J connectivity index is 1.63. The first-order valence-corrected chi connectivity index (χ1v) is 12.8. The van der Waals surface area contributed by atoms with Gasteiger partial charge in [-0.25, -0.2) is 0 Å². The number of aliphatic hydroxyl groups is 2. The molecule has 6 aliphatic rings. The fraction of sp³-hybridized carbons (Fsp3) is 0.889.